The normalized spacial score (nSPS) is 15.1. The number of carboxylic acids is 8. The van der Waals surface area contributed by atoms with E-state index in [9.17, 15) is 99.6 Å². The average molecular weight is 1630 g/mol. The Labute approximate surface area is 601 Å². The number of carboxylic acid groups (broad SMARTS) is 8. The molecule has 545 valence electrons. The van der Waals surface area contributed by atoms with Gasteiger partial charge < -0.3 is 142 Å². The summed E-state index contributed by atoms with van der Waals surface area (Å²) in [6.45, 7) is -3.79. The Bertz CT molecular complexity index is 1670. The zero-order valence-corrected chi connectivity index (χ0v) is 55.0. The summed E-state index contributed by atoms with van der Waals surface area (Å²) in [7, 11) is 0. The molecule has 1 radical (unpaired) electrons. The number of hydrogen-bond donors (Lipinski definition) is 13. The van der Waals surface area contributed by atoms with Crippen LogP contribution in [0.2, 0.25) is 0 Å². The SMILES string of the molecule is C.C.NCC(COCC(COC(CO)CO)COC(CO)CO)COCC(COC(CO)CO)COC(CO)CO.O=C(O)CCC(C(=O)[O-])N1CCN(C(CCC(=O)O)C(=O)[O-])CCN(C(CCC(=O)O)C(=O)[O-])CCN(C(CCC(=O)O)C(=O)[O-])CC1.[CH3-].[Gd+3].[Gd]. The van der Waals surface area contributed by atoms with Gasteiger partial charge in [0.2, 0.25) is 0 Å². The van der Waals surface area contributed by atoms with Crippen molar-refractivity contribution in [1.29, 1.82) is 0 Å². The minimum absolute atomic E-state index is 0. The molecule has 92 heavy (non-hydrogen) atoms. The molecule has 1 aliphatic rings. The molecular weight excluding hydrogens is 1530 g/mol. The van der Waals surface area contributed by atoms with Gasteiger partial charge in [-0.3, -0.25) is 38.8 Å². The fourth-order valence-electron chi connectivity index (χ4n) is 8.58. The van der Waals surface area contributed by atoms with Crippen LogP contribution in [0.15, 0.2) is 0 Å². The van der Waals surface area contributed by atoms with E-state index < -0.39 is 148 Å². The number of carbonyl (C=O) groups is 8. The van der Waals surface area contributed by atoms with Gasteiger partial charge >= 0.3 is 63.8 Å². The van der Waals surface area contributed by atoms with E-state index in [1.54, 1.807) is 0 Å². The quantitative estimate of drug-likeness (QED) is 0.0252. The number of aliphatic carboxylic acids is 8. The fourth-order valence-corrected chi connectivity index (χ4v) is 8.58. The molecule has 0 aromatic rings. The van der Waals surface area contributed by atoms with Gasteiger partial charge in [-0.05, 0) is 32.2 Å². The maximum absolute atomic E-state index is 12.2. The molecule has 0 aliphatic carbocycles. The average Bonchev–Trinajstić information content (AvgIpc) is 1.20. The van der Waals surface area contributed by atoms with Crippen LogP contribution in [-0.2, 0) is 66.8 Å². The van der Waals surface area contributed by atoms with Crippen molar-refractivity contribution in [3.63, 3.8) is 0 Å². The van der Waals surface area contributed by atoms with E-state index in [2.05, 4.69) is 0 Å². The smallest absolute Gasteiger partial charge is 0.548 e. The van der Waals surface area contributed by atoms with Gasteiger partial charge in [-0.15, -0.1) is 0 Å². The number of rotatable bonds is 49. The Balaban J connectivity index is -0.000000389. The van der Waals surface area contributed by atoms with Crippen LogP contribution in [0.4, 0.5) is 0 Å². The van der Waals surface area contributed by atoms with Gasteiger partial charge in [-0.25, -0.2) is 0 Å². The number of aliphatic hydroxyl groups excluding tert-OH is 8. The molecule has 0 bridgehead atoms. The van der Waals surface area contributed by atoms with Crippen LogP contribution in [0.1, 0.15) is 66.2 Å². The van der Waals surface area contributed by atoms with Gasteiger partial charge in [0.1, 0.15) is 24.4 Å². The number of carbonyl (C=O) groups excluding carboxylic acids is 4. The summed E-state index contributed by atoms with van der Waals surface area (Å²) in [4.78, 5) is 98.5. The van der Waals surface area contributed by atoms with E-state index in [4.69, 9.17) is 54.6 Å². The topological polar surface area (TPSA) is 566 Å². The van der Waals surface area contributed by atoms with Crippen LogP contribution in [0, 0.1) is 105 Å². The molecule has 1 saturated heterocycles. The number of hydrogen-bond acceptors (Lipinski definition) is 31. The zero-order chi connectivity index (χ0) is 65.9. The first-order chi connectivity index (χ1) is 41.4. The summed E-state index contributed by atoms with van der Waals surface area (Å²) < 4.78 is 33.5. The van der Waals surface area contributed by atoms with Crippen LogP contribution in [0.5, 0.6) is 0 Å². The third kappa shape index (κ3) is 46.0. The first-order valence-corrected chi connectivity index (χ1v) is 28.2. The van der Waals surface area contributed by atoms with Crippen molar-refractivity contribution in [1.82, 2.24) is 19.6 Å². The standard InChI is InChI=1S/C28H44N4O16.C24H51NO14.2CH4.CH3.2Gd/c33-21(34)5-1-17(25(41)42)29-9-11-30(18(26(43)44)2-6-22(35)36)13-15-32(20(28(47)48)4-8-24(39)40)16-14-31(12-10-29)19(27(45)46)3-7-23(37)38;25-1-18(10-34-12-19(14-36-21(2-26)3-27)15-37-22(4-28)5-29)11-35-13-20(16-38-23(6-30)7-31)17-39-24(8-32)9-33;;;;;/h17-20H,1-16H2,(H,33,34)(H,35,36)(H,37,38)(H,39,40)(H,41,42)(H,43,44)(H,45,46)(H,47,48);18-24,26-33H,1-17,25H2;2*1H4;1H3;;/q;;;;-1;;+3/p-4. The van der Waals surface area contributed by atoms with Gasteiger partial charge in [0, 0.05) is 160 Å². The summed E-state index contributed by atoms with van der Waals surface area (Å²) in [5.74, 6) is -12.9. The fraction of sp³-hybridized carbons (Fsp3) is 0.836. The van der Waals surface area contributed by atoms with Crippen molar-refractivity contribution in [2.45, 2.75) is 115 Å². The third-order valence-corrected chi connectivity index (χ3v) is 13.7. The number of ether oxygens (including phenoxy) is 6. The zero-order valence-electron chi connectivity index (χ0n) is 50.5. The van der Waals surface area contributed by atoms with E-state index in [0.717, 1.165) is 0 Å². The van der Waals surface area contributed by atoms with Gasteiger partial charge in [-0.1, -0.05) is 14.9 Å². The molecule has 0 saturated carbocycles. The van der Waals surface area contributed by atoms with E-state index in [0.29, 0.717) is 0 Å². The Kier molecular flexibility index (Phi) is 66.8. The number of aliphatic hydroxyl groups is 8. The van der Waals surface area contributed by atoms with Crippen LogP contribution in [0.3, 0.4) is 0 Å². The first-order valence-electron chi connectivity index (χ1n) is 28.2. The predicted molar refractivity (Wildman–Crippen MR) is 306 cm³/mol. The molecule has 4 atom stereocenters. The Morgan fingerprint density at radius 3 is 0.674 bits per heavy atom. The van der Waals surface area contributed by atoms with Crippen molar-refractivity contribution in [3.05, 3.63) is 7.43 Å². The molecule has 35 nitrogen and oxygen atoms in total. The summed E-state index contributed by atoms with van der Waals surface area (Å²) in [6.07, 6.45) is -7.30. The van der Waals surface area contributed by atoms with E-state index in [1.165, 1.54) is 19.6 Å². The molecule has 0 spiro atoms. The second-order valence-corrected chi connectivity index (χ2v) is 20.4. The maximum atomic E-state index is 12.2. The van der Waals surface area contributed by atoms with Gasteiger partial charge in [-0.2, -0.15) is 0 Å². The molecule has 0 aromatic heterocycles. The van der Waals surface area contributed by atoms with Gasteiger partial charge in [0.05, 0.1) is 130 Å². The largest absolute Gasteiger partial charge is 3.00 e. The predicted octanol–water partition coefficient (Wildman–Crippen LogP) is -9.83. The van der Waals surface area contributed by atoms with Crippen molar-refractivity contribution in [3.8, 4) is 0 Å². The van der Waals surface area contributed by atoms with Crippen LogP contribution < -0.4 is 26.2 Å². The molecule has 1 aliphatic heterocycles. The molecule has 1 rings (SSSR count). The minimum atomic E-state index is -1.69. The second kappa shape index (κ2) is 61.0. The maximum Gasteiger partial charge on any atom is 3.00 e. The summed E-state index contributed by atoms with van der Waals surface area (Å²) in [6, 6.07) is -6.26. The monoisotopic (exact) mass is 1630 g/mol. The molecule has 1 fully saturated rings. The van der Waals surface area contributed by atoms with Crippen LogP contribution in [-0.4, -0.2) is 342 Å². The van der Waals surface area contributed by atoms with E-state index in [1.807, 2.05) is 0 Å². The van der Waals surface area contributed by atoms with Crippen molar-refractivity contribution < 1.29 is 228 Å². The second-order valence-electron chi connectivity index (χ2n) is 20.4. The Morgan fingerprint density at radius 1 is 0.359 bits per heavy atom. The Hall–Kier alpha value is -2.35. The summed E-state index contributed by atoms with van der Waals surface area (Å²) in [5, 5.41) is 159. The molecule has 37 heteroatoms. The molecule has 14 N–H and O–H groups in total. The van der Waals surface area contributed by atoms with Crippen LogP contribution in [0.25, 0.3) is 0 Å². The van der Waals surface area contributed by atoms with Gasteiger partial charge in [0.15, 0.2) is 0 Å². The molecule has 4 unspecified atom stereocenters. The molecule has 0 amide bonds. The van der Waals surface area contributed by atoms with Gasteiger partial charge in [0.25, 0.3) is 0 Å². The Morgan fingerprint density at radius 2 is 0.533 bits per heavy atom. The van der Waals surface area contributed by atoms with E-state index in [-0.39, 0.29) is 285 Å². The third-order valence-electron chi connectivity index (χ3n) is 13.7. The summed E-state index contributed by atoms with van der Waals surface area (Å²) >= 11 is 0. The molecular formula is C55H102Gd2N5O30-2. The number of nitrogens with zero attached hydrogens (tertiary/aromatic N) is 4. The summed E-state index contributed by atoms with van der Waals surface area (Å²) in [5.41, 5.74) is 5.86. The molecule has 0 aromatic carbocycles. The van der Waals surface area contributed by atoms with E-state index >= 15 is 0 Å². The van der Waals surface area contributed by atoms with Crippen molar-refractivity contribution in [2.24, 2.45) is 23.5 Å². The van der Waals surface area contributed by atoms with Crippen LogP contribution >= 0.6 is 0 Å². The molecule has 1 heterocycles. The minimum Gasteiger partial charge on any atom is -0.548 e. The van der Waals surface area contributed by atoms with Crippen molar-refractivity contribution >= 4 is 47.8 Å². The van der Waals surface area contributed by atoms with Crippen molar-refractivity contribution in [2.75, 3.05) is 165 Å². The first kappa shape index (κ1) is 101. The number of nitrogens with two attached hydrogens (primary N) is 1.